The van der Waals surface area contributed by atoms with E-state index in [4.69, 9.17) is 0 Å². The van der Waals surface area contributed by atoms with Crippen molar-refractivity contribution in [2.24, 2.45) is 0 Å². The quantitative estimate of drug-likeness (QED) is 0.503. The monoisotopic (exact) mass is 304 g/mol. The first-order valence-electron chi connectivity index (χ1n) is 4.66. The second-order valence-electron chi connectivity index (χ2n) is 3.11. The predicted octanol–water partition coefficient (Wildman–Crippen LogP) is -0.223. The molecule has 0 radical (unpaired) electrons. The van der Waals surface area contributed by atoms with Gasteiger partial charge in [-0.15, -0.1) is 0 Å². The van der Waals surface area contributed by atoms with E-state index in [1.54, 1.807) is 0 Å². The zero-order valence-corrected chi connectivity index (χ0v) is 11.5. The van der Waals surface area contributed by atoms with Crippen molar-refractivity contribution in [3.05, 3.63) is 0 Å². The summed E-state index contributed by atoms with van der Waals surface area (Å²) < 4.78 is 41.7. The highest BCUT2D eigenvalue weighted by Gasteiger charge is 2.67. The molecule has 0 aliphatic heterocycles. The Hall–Kier alpha value is -1.06. The molecule has 0 aromatic rings. The summed E-state index contributed by atoms with van der Waals surface area (Å²) >= 11 is 0. The van der Waals surface area contributed by atoms with E-state index in [-0.39, 0.29) is 0 Å². The number of rotatable bonds is 7. The lowest BCUT2D eigenvalue weighted by molar-refractivity contribution is -0.214. The first-order valence-corrected chi connectivity index (χ1v) is 6.24. The van der Waals surface area contributed by atoms with Crippen LogP contribution in [-0.2, 0) is 37.8 Å². The van der Waals surface area contributed by atoms with Crippen molar-refractivity contribution in [3.63, 3.8) is 0 Å². The molecule has 0 aromatic heterocycles. The number of carbonyl (C=O) groups is 2. The fraction of sp³-hybridized carbons (Fsp3) is 0.750. The minimum Gasteiger partial charge on any atom is -0.467 e. The summed E-state index contributed by atoms with van der Waals surface area (Å²) in [5, 5.41) is -3.06. The van der Waals surface area contributed by atoms with Crippen molar-refractivity contribution in [2.75, 3.05) is 28.4 Å². The summed E-state index contributed by atoms with van der Waals surface area (Å²) in [6.07, 6.45) is -2.08. The number of hydrogen-bond donors (Lipinski definition) is 1. The van der Waals surface area contributed by atoms with Gasteiger partial charge in [-0.3, -0.25) is 9.51 Å². The van der Waals surface area contributed by atoms with Gasteiger partial charge >= 0.3 is 24.9 Å². The van der Waals surface area contributed by atoms with Crippen molar-refractivity contribution < 1.29 is 47.2 Å². The molecule has 0 aliphatic carbocycles. The standard InChI is InChI=1S/C8H14FO9P/c1-14-5(6(10)15-2)8(16-3,7(11)18-9)19(12,13)17-4/h5H,1-4H3,(H,12,13). The van der Waals surface area contributed by atoms with E-state index in [9.17, 15) is 23.6 Å². The molecule has 1 N–H and O–H groups in total. The van der Waals surface area contributed by atoms with Crippen LogP contribution in [0.15, 0.2) is 0 Å². The molecule has 3 atom stereocenters. The van der Waals surface area contributed by atoms with Crippen LogP contribution in [0.2, 0.25) is 0 Å². The third-order valence-corrected chi connectivity index (χ3v) is 4.28. The molecule has 3 unspecified atom stereocenters. The molecule has 0 saturated heterocycles. The number of esters is 1. The van der Waals surface area contributed by atoms with Crippen LogP contribution in [0.3, 0.4) is 0 Å². The smallest absolute Gasteiger partial charge is 0.396 e. The first-order chi connectivity index (χ1) is 8.78. The van der Waals surface area contributed by atoms with Gasteiger partial charge in [-0.2, -0.15) is 0 Å². The van der Waals surface area contributed by atoms with E-state index < -0.39 is 31.0 Å². The maximum atomic E-state index is 12.2. The summed E-state index contributed by atoms with van der Waals surface area (Å²) in [5.74, 6) is -3.24. The van der Waals surface area contributed by atoms with Crippen LogP contribution in [0, 0.1) is 0 Å². The summed E-state index contributed by atoms with van der Waals surface area (Å²) in [4.78, 5) is 35.5. The Labute approximate surface area is 108 Å². The van der Waals surface area contributed by atoms with Gasteiger partial charge in [-0.1, -0.05) is 0 Å². The predicted molar refractivity (Wildman–Crippen MR) is 56.6 cm³/mol. The number of hydrogen-bond acceptors (Lipinski definition) is 8. The van der Waals surface area contributed by atoms with Gasteiger partial charge < -0.3 is 23.6 Å². The van der Waals surface area contributed by atoms with E-state index in [1.165, 1.54) is 0 Å². The minimum atomic E-state index is -4.99. The van der Waals surface area contributed by atoms with Crippen LogP contribution >= 0.6 is 7.60 Å². The van der Waals surface area contributed by atoms with Crippen molar-refractivity contribution in [1.82, 2.24) is 0 Å². The van der Waals surface area contributed by atoms with E-state index in [0.717, 1.165) is 28.4 Å². The molecule has 11 heteroatoms. The van der Waals surface area contributed by atoms with E-state index in [1.807, 2.05) is 0 Å². The van der Waals surface area contributed by atoms with Crippen molar-refractivity contribution in [1.29, 1.82) is 0 Å². The van der Waals surface area contributed by atoms with Gasteiger partial charge in [0.1, 0.15) is 0 Å². The average molecular weight is 304 g/mol. The lowest BCUT2D eigenvalue weighted by Crippen LogP contribution is -2.56. The molecule has 0 amide bonds. The topological polar surface area (TPSA) is 118 Å². The summed E-state index contributed by atoms with van der Waals surface area (Å²) in [7, 11) is -1.63. The van der Waals surface area contributed by atoms with Gasteiger partial charge in [0, 0.05) is 25.9 Å². The highest BCUT2D eigenvalue weighted by molar-refractivity contribution is 7.55. The number of ether oxygens (including phenoxy) is 3. The summed E-state index contributed by atoms with van der Waals surface area (Å²) in [5.41, 5.74) is 0. The highest BCUT2D eigenvalue weighted by atomic mass is 31.2. The van der Waals surface area contributed by atoms with Crippen LogP contribution < -0.4 is 0 Å². The molecule has 0 aliphatic rings. The Morgan fingerprint density at radius 3 is 2.05 bits per heavy atom. The zero-order chi connectivity index (χ0) is 15.3. The van der Waals surface area contributed by atoms with Crippen molar-refractivity contribution in [3.8, 4) is 0 Å². The molecule has 0 fully saturated rings. The third kappa shape index (κ3) is 2.93. The average Bonchev–Trinajstić information content (AvgIpc) is 2.42. The van der Waals surface area contributed by atoms with Gasteiger partial charge in [0.05, 0.1) is 7.11 Å². The Kier molecular flexibility index (Phi) is 6.53. The van der Waals surface area contributed by atoms with Gasteiger partial charge in [0.25, 0.3) is 0 Å². The van der Waals surface area contributed by atoms with Crippen molar-refractivity contribution in [2.45, 2.75) is 11.4 Å². The third-order valence-electron chi connectivity index (χ3n) is 2.35. The lowest BCUT2D eigenvalue weighted by atomic mass is 10.2. The van der Waals surface area contributed by atoms with Gasteiger partial charge in [-0.25, -0.2) is 9.59 Å². The molecule has 0 rings (SSSR count). The van der Waals surface area contributed by atoms with Crippen LogP contribution in [0.4, 0.5) is 4.53 Å². The molecular formula is C8H14FO9P. The molecule has 0 aromatic carbocycles. The maximum absolute atomic E-state index is 12.2. The molecule has 19 heavy (non-hydrogen) atoms. The molecule has 0 saturated carbocycles. The van der Waals surface area contributed by atoms with E-state index in [2.05, 4.69) is 23.7 Å². The maximum Gasteiger partial charge on any atom is 0.396 e. The van der Waals surface area contributed by atoms with Gasteiger partial charge in [0.2, 0.25) is 6.10 Å². The second kappa shape index (κ2) is 6.92. The van der Waals surface area contributed by atoms with Crippen LogP contribution in [0.25, 0.3) is 0 Å². The second-order valence-corrected chi connectivity index (χ2v) is 5.18. The Balaban J connectivity index is 6.07. The minimum absolute atomic E-state index is 0.754. The molecule has 0 spiro atoms. The highest BCUT2D eigenvalue weighted by Crippen LogP contribution is 2.58. The number of carbonyl (C=O) groups excluding carboxylic acids is 2. The molecular weight excluding hydrogens is 290 g/mol. The Morgan fingerprint density at radius 2 is 1.79 bits per heavy atom. The molecule has 112 valence electrons. The first kappa shape index (κ1) is 17.9. The fourth-order valence-electron chi connectivity index (χ4n) is 1.39. The Bertz CT molecular complexity index is 386. The largest absolute Gasteiger partial charge is 0.467 e. The fourth-order valence-corrected chi connectivity index (χ4v) is 2.66. The number of halogens is 1. The molecule has 0 heterocycles. The van der Waals surface area contributed by atoms with E-state index >= 15 is 0 Å². The SMILES string of the molecule is COC(=O)C(OC)C(OC)(C(=O)OF)P(=O)(O)OC. The van der Waals surface area contributed by atoms with E-state index in [0.29, 0.717) is 0 Å². The normalized spacial score (nSPS) is 18.8. The summed E-state index contributed by atoms with van der Waals surface area (Å²) in [6, 6.07) is 0. The Morgan fingerprint density at radius 1 is 1.26 bits per heavy atom. The van der Waals surface area contributed by atoms with Crippen LogP contribution in [0.1, 0.15) is 0 Å². The van der Waals surface area contributed by atoms with Gasteiger partial charge in [-0.05, 0) is 0 Å². The lowest BCUT2D eigenvalue weighted by Gasteiger charge is -2.34. The van der Waals surface area contributed by atoms with Crippen molar-refractivity contribution >= 4 is 19.5 Å². The molecule has 9 nitrogen and oxygen atoms in total. The van der Waals surface area contributed by atoms with Crippen LogP contribution in [0.5, 0.6) is 0 Å². The summed E-state index contributed by atoms with van der Waals surface area (Å²) in [6.45, 7) is 0. The zero-order valence-electron chi connectivity index (χ0n) is 10.6. The van der Waals surface area contributed by atoms with Gasteiger partial charge in [0.15, 0.2) is 0 Å². The van der Waals surface area contributed by atoms with Crippen LogP contribution in [-0.4, -0.2) is 56.7 Å². The number of methoxy groups -OCH3 is 3. The molecule has 0 bridgehead atoms.